The Hall–Kier alpha value is -2.77. The molecule has 0 radical (unpaired) electrons. The summed E-state index contributed by atoms with van der Waals surface area (Å²) in [5, 5.41) is 11.4. The molecule has 0 bridgehead atoms. The Morgan fingerprint density at radius 2 is 1.90 bits per heavy atom. The van der Waals surface area contributed by atoms with Gasteiger partial charge in [-0.1, -0.05) is 24.0 Å². The molecule has 0 aliphatic carbocycles. The maximum atomic E-state index is 12.2. The van der Waals surface area contributed by atoms with E-state index in [9.17, 15) is 4.79 Å². The van der Waals surface area contributed by atoms with Gasteiger partial charge < -0.3 is 15.2 Å². The van der Waals surface area contributed by atoms with E-state index < -0.39 is 0 Å². The second-order valence-electron chi connectivity index (χ2n) is 4.19. The van der Waals surface area contributed by atoms with E-state index in [-0.39, 0.29) is 12.5 Å². The summed E-state index contributed by atoms with van der Waals surface area (Å²) >= 11 is 0. The fourth-order valence-electron chi connectivity index (χ4n) is 1.81. The second kappa shape index (κ2) is 7.13. The van der Waals surface area contributed by atoms with Crippen molar-refractivity contribution in [2.45, 2.75) is 0 Å². The number of ether oxygens (including phenoxy) is 1. The van der Waals surface area contributed by atoms with Gasteiger partial charge in [-0.05, 0) is 36.4 Å². The quantitative estimate of drug-likeness (QED) is 0.849. The van der Waals surface area contributed by atoms with Crippen molar-refractivity contribution >= 4 is 11.6 Å². The van der Waals surface area contributed by atoms with Crippen molar-refractivity contribution in [3.8, 4) is 17.6 Å². The predicted molar refractivity (Wildman–Crippen MR) is 81.4 cm³/mol. The summed E-state index contributed by atoms with van der Waals surface area (Å²) in [6, 6.07) is 14.1. The van der Waals surface area contributed by atoms with Gasteiger partial charge in [0, 0.05) is 11.3 Å². The molecule has 2 rings (SSSR count). The number of rotatable bonds is 3. The van der Waals surface area contributed by atoms with Crippen LogP contribution in [-0.4, -0.2) is 24.7 Å². The van der Waals surface area contributed by atoms with E-state index >= 15 is 0 Å². The summed E-state index contributed by atoms with van der Waals surface area (Å²) in [7, 11) is 1.53. The lowest BCUT2D eigenvalue weighted by Crippen LogP contribution is -2.13. The Bertz CT molecular complexity index is 681. The number of amides is 1. The molecule has 0 unspecified atom stereocenters. The number of methoxy groups -OCH3 is 1. The molecular formula is C17H15NO3. The van der Waals surface area contributed by atoms with Gasteiger partial charge in [0.25, 0.3) is 5.91 Å². The monoisotopic (exact) mass is 281 g/mol. The lowest BCUT2D eigenvalue weighted by atomic mass is 10.1. The van der Waals surface area contributed by atoms with E-state index in [1.165, 1.54) is 7.11 Å². The highest BCUT2D eigenvalue weighted by molar-refractivity contribution is 6.06. The molecule has 2 aromatic carbocycles. The third-order valence-electron chi connectivity index (χ3n) is 2.81. The lowest BCUT2D eigenvalue weighted by Gasteiger charge is -2.09. The molecule has 0 atom stereocenters. The first-order valence-corrected chi connectivity index (χ1v) is 6.38. The van der Waals surface area contributed by atoms with Crippen molar-refractivity contribution in [2.24, 2.45) is 0 Å². The van der Waals surface area contributed by atoms with Crippen LogP contribution in [-0.2, 0) is 0 Å². The van der Waals surface area contributed by atoms with E-state index in [1.807, 2.05) is 6.07 Å². The topological polar surface area (TPSA) is 58.6 Å². The van der Waals surface area contributed by atoms with Crippen molar-refractivity contribution < 1.29 is 14.6 Å². The normalized spacial score (nSPS) is 9.43. The third kappa shape index (κ3) is 3.85. The smallest absolute Gasteiger partial charge is 0.259 e. The molecule has 4 nitrogen and oxygen atoms in total. The predicted octanol–water partition coefficient (Wildman–Crippen LogP) is 2.29. The molecule has 21 heavy (non-hydrogen) atoms. The molecule has 1 amide bonds. The average Bonchev–Trinajstić information content (AvgIpc) is 2.54. The first-order valence-electron chi connectivity index (χ1n) is 6.38. The largest absolute Gasteiger partial charge is 0.496 e. The van der Waals surface area contributed by atoms with Crippen LogP contribution in [0.3, 0.4) is 0 Å². The zero-order valence-electron chi connectivity index (χ0n) is 11.6. The number of nitrogens with one attached hydrogen (secondary N) is 1. The minimum Gasteiger partial charge on any atom is -0.496 e. The molecule has 4 heteroatoms. The second-order valence-corrected chi connectivity index (χ2v) is 4.19. The molecule has 0 aliphatic heterocycles. The number of para-hydroxylation sites is 1. The van der Waals surface area contributed by atoms with Crippen LogP contribution in [0.1, 0.15) is 15.9 Å². The van der Waals surface area contributed by atoms with Crippen LogP contribution in [0.25, 0.3) is 0 Å². The summed E-state index contributed by atoms with van der Waals surface area (Å²) in [4.78, 5) is 12.2. The van der Waals surface area contributed by atoms with Crippen LogP contribution in [0.4, 0.5) is 5.69 Å². The summed E-state index contributed by atoms with van der Waals surface area (Å²) in [5.74, 6) is 5.65. The number of aliphatic hydroxyl groups excluding tert-OH is 1. The van der Waals surface area contributed by atoms with Crippen molar-refractivity contribution in [3.63, 3.8) is 0 Å². The highest BCUT2D eigenvalue weighted by Crippen LogP contribution is 2.19. The zero-order chi connectivity index (χ0) is 15.1. The number of carbonyl (C=O) groups is 1. The average molecular weight is 281 g/mol. The van der Waals surface area contributed by atoms with Gasteiger partial charge >= 0.3 is 0 Å². The van der Waals surface area contributed by atoms with Crippen LogP contribution in [0, 0.1) is 11.8 Å². The molecule has 0 spiro atoms. The number of benzene rings is 2. The highest BCUT2D eigenvalue weighted by atomic mass is 16.5. The molecular weight excluding hydrogens is 266 g/mol. The van der Waals surface area contributed by atoms with Crippen molar-refractivity contribution in [3.05, 3.63) is 59.7 Å². The van der Waals surface area contributed by atoms with E-state index in [4.69, 9.17) is 9.84 Å². The third-order valence-corrected chi connectivity index (χ3v) is 2.81. The highest BCUT2D eigenvalue weighted by Gasteiger charge is 2.11. The van der Waals surface area contributed by atoms with Gasteiger partial charge in [0.05, 0.1) is 12.7 Å². The number of hydrogen-bond acceptors (Lipinski definition) is 3. The Morgan fingerprint density at radius 1 is 1.19 bits per heavy atom. The molecule has 0 heterocycles. The van der Waals surface area contributed by atoms with Gasteiger partial charge in [-0.25, -0.2) is 0 Å². The van der Waals surface area contributed by atoms with Gasteiger partial charge in [0.1, 0.15) is 12.4 Å². The minimum absolute atomic E-state index is 0.174. The SMILES string of the molecule is COc1ccccc1C(=O)Nc1ccc(C#CCO)cc1. The fourth-order valence-corrected chi connectivity index (χ4v) is 1.81. The Morgan fingerprint density at radius 3 is 2.57 bits per heavy atom. The van der Waals surface area contributed by atoms with Crippen LogP contribution >= 0.6 is 0 Å². The van der Waals surface area contributed by atoms with Gasteiger partial charge in [-0.2, -0.15) is 0 Å². The number of anilines is 1. The van der Waals surface area contributed by atoms with Crippen LogP contribution < -0.4 is 10.1 Å². The Balaban J connectivity index is 2.12. The van der Waals surface area contributed by atoms with E-state index in [0.29, 0.717) is 17.0 Å². The molecule has 0 fully saturated rings. The number of carbonyl (C=O) groups excluding carboxylic acids is 1. The zero-order valence-corrected chi connectivity index (χ0v) is 11.6. The Kier molecular flexibility index (Phi) is 4.97. The standard InChI is InChI=1S/C17H15NO3/c1-21-16-7-3-2-6-15(16)17(20)18-14-10-8-13(9-11-14)5-4-12-19/h2-3,6-11,19H,12H2,1H3,(H,18,20). The molecule has 0 saturated heterocycles. The lowest BCUT2D eigenvalue weighted by molar-refractivity contribution is 0.102. The molecule has 0 saturated carbocycles. The molecule has 0 aromatic heterocycles. The van der Waals surface area contributed by atoms with Crippen molar-refractivity contribution in [2.75, 3.05) is 19.0 Å². The van der Waals surface area contributed by atoms with Crippen molar-refractivity contribution in [1.82, 2.24) is 0 Å². The van der Waals surface area contributed by atoms with Crippen molar-refractivity contribution in [1.29, 1.82) is 0 Å². The molecule has 0 aliphatic rings. The number of aliphatic hydroxyl groups is 1. The van der Waals surface area contributed by atoms with Crippen LogP contribution in [0.2, 0.25) is 0 Å². The van der Waals surface area contributed by atoms with Gasteiger partial charge in [-0.15, -0.1) is 0 Å². The van der Waals surface area contributed by atoms with Gasteiger partial charge in [0.15, 0.2) is 0 Å². The molecule has 2 N–H and O–H groups in total. The fraction of sp³-hybridized carbons (Fsp3) is 0.118. The first kappa shape index (κ1) is 14.6. The summed E-state index contributed by atoms with van der Waals surface area (Å²) in [6.07, 6.45) is 0. The number of hydrogen-bond donors (Lipinski definition) is 2. The minimum atomic E-state index is -0.235. The maximum Gasteiger partial charge on any atom is 0.259 e. The maximum absolute atomic E-state index is 12.2. The Labute approximate surface area is 123 Å². The van der Waals surface area contributed by atoms with Crippen LogP contribution in [0.5, 0.6) is 5.75 Å². The van der Waals surface area contributed by atoms with Gasteiger partial charge in [0.2, 0.25) is 0 Å². The van der Waals surface area contributed by atoms with E-state index in [0.717, 1.165) is 5.56 Å². The van der Waals surface area contributed by atoms with E-state index in [1.54, 1.807) is 42.5 Å². The molecule has 106 valence electrons. The molecule has 2 aromatic rings. The van der Waals surface area contributed by atoms with Crippen LogP contribution in [0.15, 0.2) is 48.5 Å². The van der Waals surface area contributed by atoms with Gasteiger partial charge in [-0.3, -0.25) is 4.79 Å². The summed E-state index contributed by atoms with van der Waals surface area (Å²) < 4.78 is 5.16. The summed E-state index contributed by atoms with van der Waals surface area (Å²) in [5.41, 5.74) is 1.92. The van der Waals surface area contributed by atoms with E-state index in [2.05, 4.69) is 17.2 Å². The first-order chi connectivity index (χ1) is 10.2. The summed E-state index contributed by atoms with van der Waals surface area (Å²) in [6.45, 7) is -0.174.